The second-order valence-electron chi connectivity index (χ2n) is 5.01. The van der Waals surface area contributed by atoms with Gasteiger partial charge in [-0.25, -0.2) is 9.78 Å². The molecular formula is C17H13ClN2O4S. The van der Waals surface area contributed by atoms with Crippen molar-refractivity contribution in [3.8, 4) is 5.75 Å². The molecule has 0 aliphatic heterocycles. The van der Waals surface area contributed by atoms with Crippen molar-refractivity contribution in [3.63, 3.8) is 0 Å². The van der Waals surface area contributed by atoms with Crippen LogP contribution in [0.1, 0.15) is 27.9 Å². The quantitative estimate of drug-likeness (QED) is 0.734. The van der Waals surface area contributed by atoms with Crippen LogP contribution in [0, 0.1) is 0 Å². The molecule has 0 unspecified atom stereocenters. The van der Waals surface area contributed by atoms with E-state index in [2.05, 4.69) is 4.98 Å². The fraction of sp³-hybridized carbons (Fsp3) is 0.118. The van der Waals surface area contributed by atoms with Crippen LogP contribution < -0.4 is 10.3 Å². The summed E-state index contributed by atoms with van der Waals surface area (Å²) >= 11 is 7.01. The molecule has 2 heterocycles. The Bertz CT molecular complexity index is 1040. The molecule has 3 aromatic rings. The second kappa shape index (κ2) is 7.08. The van der Waals surface area contributed by atoms with Crippen molar-refractivity contribution in [2.24, 2.45) is 0 Å². The number of carboxylic acid groups (broad SMARTS) is 1. The van der Waals surface area contributed by atoms with Gasteiger partial charge in [0.2, 0.25) is 0 Å². The van der Waals surface area contributed by atoms with E-state index < -0.39 is 11.5 Å². The van der Waals surface area contributed by atoms with Gasteiger partial charge >= 0.3 is 5.97 Å². The predicted octanol–water partition coefficient (Wildman–Crippen LogP) is 3.68. The summed E-state index contributed by atoms with van der Waals surface area (Å²) in [7, 11) is 0. The van der Waals surface area contributed by atoms with Crippen molar-refractivity contribution < 1.29 is 14.6 Å². The van der Waals surface area contributed by atoms with E-state index in [1.165, 1.54) is 6.20 Å². The largest absolute Gasteiger partial charge is 0.494 e. The number of hydrogen-bond donors (Lipinski definition) is 1. The second-order valence-corrected chi connectivity index (χ2v) is 6.40. The molecule has 25 heavy (non-hydrogen) atoms. The van der Waals surface area contributed by atoms with E-state index >= 15 is 0 Å². The highest BCUT2D eigenvalue weighted by Crippen LogP contribution is 2.20. The van der Waals surface area contributed by atoms with E-state index in [1.807, 2.05) is 31.2 Å². The van der Waals surface area contributed by atoms with Gasteiger partial charge in [0, 0.05) is 6.20 Å². The number of carboxylic acids is 1. The first kappa shape index (κ1) is 17.2. The number of carbonyl (C=O) groups is 1. The number of hydrogen-bond acceptors (Lipinski definition) is 5. The van der Waals surface area contributed by atoms with Crippen LogP contribution in [0.3, 0.4) is 0 Å². The Morgan fingerprint density at radius 2 is 2.24 bits per heavy atom. The molecule has 6 nitrogen and oxygen atoms in total. The van der Waals surface area contributed by atoms with Crippen molar-refractivity contribution in [1.82, 2.24) is 9.38 Å². The molecule has 8 heteroatoms. The van der Waals surface area contributed by atoms with E-state index in [4.69, 9.17) is 21.4 Å². The summed E-state index contributed by atoms with van der Waals surface area (Å²) in [5, 5.41) is 8.98. The zero-order valence-electron chi connectivity index (χ0n) is 13.1. The van der Waals surface area contributed by atoms with Crippen molar-refractivity contribution >= 4 is 46.0 Å². The number of thiazole rings is 1. The predicted molar refractivity (Wildman–Crippen MR) is 97.8 cm³/mol. The topological polar surface area (TPSA) is 80.9 Å². The number of nitrogens with zero attached hydrogens (tertiary/aromatic N) is 2. The molecule has 128 valence electrons. The SMILES string of the molecule is CCOc1cccc(C=Cc2nc3sc(C(=O)O)cn3c(=O)c2Cl)c1. The third kappa shape index (κ3) is 3.57. The summed E-state index contributed by atoms with van der Waals surface area (Å²) in [6.45, 7) is 2.47. The Balaban J connectivity index is 2.01. The highest BCUT2D eigenvalue weighted by molar-refractivity contribution is 7.18. The fourth-order valence-corrected chi connectivity index (χ4v) is 3.21. The molecule has 0 spiro atoms. The van der Waals surface area contributed by atoms with Crippen LogP contribution in [0.15, 0.2) is 35.3 Å². The van der Waals surface area contributed by atoms with Gasteiger partial charge in [0.25, 0.3) is 5.56 Å². The fourth-order valence-electron chi connectivity index (χ4n) is 2.20. The summed E-state index contributed by atoms with van der Waals surface area (Å²) in [6.07, 6.45) is 4.61. The molecule has 0 fully saturated rings. The Hall–Kier alpha value is -2.64. The van der Waals surface area contributed by atoms with Gasteiger partial charge in [0.05, 0.1) is 12.3 Å². The molecule has 0 aliphatic carbocycles. The molecule has 0 radical (unpaired) electrons. The first-order chi connectivity index (χ1) is 12.0. The molecule has 1 N–H and O–H groups in total. The molecule has 0 saturated carbocycles. The maximum Gasteiger partial charge on any atom is 0.347 e. The van der Waals surface area contributed by atoms with Crippen molar-refractivity contribution in [2.45, 2.75) is 6.92 Å². The van der Waals surface area contributed by atoms with E-state index in [1.54, 1.807) is 12.2 Å². The summed E-state index contributed by atoms with van der Waals surface area (Å²) < 4.78 is 6.58. The van der Waals surface area contributed by atoms with Crippen LogP contribution in [0.5, 0.6) is 5.75 Å². The normalized spacial score (nSPS) is 11.3. The maximum absolute atomic E-state index is 12.3. The smallest absolute Gasteiger partial charge is 0.347 e. The van der Waals surface area contributed by atoms with Gasteiger partial charge in [-0.15, -0.1) is 0 Å². The highest BCUT2D eigenvalue weighted by atomic mass is 35.5. The Labute approximate surface area is 151 Å². The molecule has 0 atom stereocenters. The van der Waals surface area contributed by atoms with Crippen LogP contribution in [-0.2, 0) is 0 Å². The van der Waals surface area contributed by atoms with Crippen LogP contribution in [0.2, 0.25) is 5.02 Å². The minimum atomic E-state index is -1.11. The van der Waals surface area contributed by atoms with Gasteiger partial charge in [-0.2, -0.15) is 0 Å². The van der Waals surface area contributed by atoms with Crippen molar-refractivity contribution in [1.29, 1.82) is 0 Å². The molecule has 1 aromatic carbocycles. The minimum Gasteiger partial charge on any atom is -0.494 e. The molecule has 0 saturated heterocycles. The number of aromatic carboxylic acids is 1. The molecule has 0 amide bonds. The standard InChI is InChI=1S/C17H13ClN2O4S/c1-2-24-11-5-3-4-10(8-11)6-7-12-14(18)15(21)20-9-13(16(22)23)25-17(20)19-12/h3-9H,2H2,1H3,(H,22,23). The summed E-state index contributed by atoms with van der Waals surface area (Å²) in [4.78, 5) is 27.9. The summed E-state index contributed by atoms with van der Waals surface area (Å²) in [5.74, 6) is -0.376. The van der Waals surface area contributed by atoms with E-state index in [0.29, 0.717) is 6.61 Å². The van der Waals surface area contributed by atoms with Crippen molar-refractivity contribution in [2.75, 3.05) is 6.61 Å². The first-order valence-electron chi connectivity index (χ1n) is 7.35. The van der Waals surface area contributed by atoms with Crippen LogP contribution in [0.4, 0.5) is 0 Å². The summed E-state index contributed by atoms with van der Waals surface area (Å²) in [5.41, 5.74) is 0.645. The zero-order valence-corrected chi connectivity index (χ0v) is 14.7. The summed E-state index contributed by atoms with van der Waals surface area (Å²) in [6, 6.07) is 7.44. The lowest BCUT2D eigenvalue weighted by Crippen LogP contribution is -2.14. The van der Waals surface area contributed by atoms with E-state index in [0.717, 1.165) is 27.1 Å². The van der Waals surface area contributed by atoms with Crippen LogP contribution in [0.25, 0.3) is 17.1 Å². The van der Waals surface area contributed by atoms with Gasteiger partial charge in [0.15, 0.2) is 4.96 Å². The lowest BCUT2D eigenvalue weighted by molar-refractivity contribution is 0.0701. The first-order valence-corrected chi connectivity index (χ1v) is 8.55. The average molecular weight is 377 g/mol. The van der Waals surface area contributed by atoms with Gasteiger partial charge < -0.3 is 9.84 Å². The zero-order chi connectivity index (χ0) is 18.0. The van der Waals surface area contributed by atoms with Crippen LogP contribution in [-0.4, -0.2) is 27.1 Å². The van der Waals surface area contributed by atoms with Crippen LogP contribution >= 0.6 is 22.9 Å². The molecule has 3 rings (SSSR count). The molecule has 0 aliphatic rings. The Morgan fingerprint density at radius 1 is 1.44 bits per heavy atom. The Morgan fingerprint density at radius 3 is 2.96 bits per heavy atom. The van der Waals surface area contributed by atoms with Gasteiger partial charge in [-0.05, 0) is 30.7 Å². The van der Waals surface area contributed by atoms with Gasteiger partial charge in [-0.1, -0.05) is 41.1 Å². The minimum absolute atomic E-state index is 0.0196. The number of rotatable bonds is 5. The molecule has 0 bridgehead atoms. The average Bonchev–Trinajstić information content (AvgIpc) is 3.02. The lowest BCUT2D eigenvalue weighted by Gasteiger charge is -2.03. The number of fused-ring (bicyclic) bond motifs is 1. The van der Waals surface area contributed by atoms with Gasteiger partial charge in [0.1, 0.15) is 15.6 Å². The number of ether oxygens (including phenoxy) is 1. The molecule has 2 aromatic heterocycles. The van der Waals surface area contributed by atoms with Crippen molar-refractivity contribution in [3.05, 3.63) is 62.0 Å². The third-order valence-corrected chi connectivity index (χ3v) is 4.64. The third-order valence-electron chi connectivity index (χ3n) is 3.31. The molecular weight excluding hydrogens is 364 g/mol. The van der Waals surface area contributed by atoms with E-state index in [9.17, 15) is 9.59 Å². The maximum atomic E-state index is 12.3. The number of halogens is 1. The number of aromatic nitrogens is 2. The monoisotopic (exact) mass is 376 g/mol. The Kier molecular flexibility index (Phi) is 4.87. The van der Waals surface area contributed by atoms with E-state index in [-0.39, 0.29) is 20.6 Å². The number of benzene rings is 1. The lowest BCUT2D eigenvalue weighted by atomic mass is 10.2. The highest BCUT2D eigenvalue weighted by Gasteiger charge is 2.14. The van der Waals surface area contributed by atoms with Gasteiger partial charge in [-0.3, -0.25) is 9.20 Å².